The predicted molar refractivity (Wildman–Crippen MR) is 40.8 cm³/mol. The molecule has 0 atom stereocenters. The summed E-state index contributed by atoms with van der Waals surface area (Å²) in [6.45, 7) is 2.10. The summed E-state index contributed by atoms with van der Waals surface area (Å²) in [4.78, 5) is 21.4. The van der Waals surface area contributed by atoms with Gasteiger partial charge in [-0.1, -0.05) is 26.2 Å². The van der Waals surface area contributed by atoms with Crippen molar-refractivity contribution in [2.75, 3.05) is 0 Å². The number of rotatable bonds is 4. The molecule has 0 aromatic carbocycles. The van der Waals surface area contributed by atoms with Gasteiger partial charge in [0.05, 0.1) is 0 Å². The van der Waals surface area contributed by atoms with E-state index in [1.165, 1.54) is 0 Å². The fourth-order valence-electron chi connectivity index (χ4n) is 1.20. The summed E-state index contributed by atoms with van der Waals surface area (Å²) < 4.78 is 0. The van der Waals surface area contributed by atoms with E-state index in [0.29, 0.717) is 0 Å². The van der Waals surface area contributed by atoms with Gasteiger partial charge in [-0.05, 0) is 6.42 Å². The van der Waals surface area contributed by atoms with Crippen LogP contribution >= 0.6 is 0 Å². The third kappa shape index (κ3) is 1.79. The van der Waals surface area contributed by atoms with E-state index >= 15 is 0 Å². The molecule has 0 aromatic rings. The van der Waals surface area contributed by atoms with Crippen molar-refractivity contribution < 1.29 is 9.59 Å². The van der Waals surface area contributed by atoms with Gasteiger partial charge in [-0.25, -0.2) is 0 Å². The van der Waals surface area contributed by atoms with Gasteiger partial charge in [0, 0.05) is 0 Å². The summed E-state index contributed by atoms with van der Waals surface area (Å²) in [5.41, 5.74) is 0. The van der Waals surface area contributed by atoms with Crippen LogP contribution in [0.4, 0.5) is 0 Å². The first-order valence-electron chi connectivity index (χ1n) is 4.10. The maximum Gasteiger partial charge on any atom is 0.239 e. The molecule has 1 N–H and O–H groups in total. The van der Waals surface area contributed by atoms with Crippen LogP contribution in [0, 0.1) is 5.92 Å². The molecule has 1 aliphatic rings. The quantitative estimate of drug-likeness (QED) is 0.371. The summed E-state index contributed by atoms with van der Waals surface area (Å²) in [5, 5.41) is 2.20. The average Bonchev–Trinajstić information content (AvgIpc) is 1.98. The minimum absolute atomic E-state index is 0.0916. The van der Waals surface area contributed by atoms with Crippen molar-refractivity contribution in [3.05, 3.63) is 0 Å². The zero-order chi connectivity index (χ0) is 8.27. The van der Waals surface area contributed by atoms with Crippen LogP contribution in [-0.2, 0) is 9.59 Å². The molecular weight excluding hydrogens is 142 g/mol. The molecule has 1 rings (SSSR count). The van der Waals surface area contributed by atoms with Crippen molar-refractivity contribution in [3.63, 3.8) is 0 Å². The Morgan fingerprint density at radius 3 is 2.36 bits per heavy atom. The Balaban J connectivity index is 2.16. The minimum atomic E-state index is -0.318. The van der Waals surface area contributed by atoms with E-state index in [1.807, 2.05) is 0 Å². The van der Waals surface area contributed by atoms with Gasteiger partial charge in [0.2, 0.25) is 11.8 Å². The van der Waals surface area contributed by atoms with Gasteiger partial charge < -0.3 is 0 Å². The molecular formula is C8H13NO2. The number of amides is 2. The Hall–Kier alpha value is -0.860. The predicted octanol–water partition coefficient (Wildman–Crippen LogP) is 0.839. The minimum Gasteiger partial charge on any atom is -0.295 e. The smallest absolute Gasteiger partial charge is 0.239 e. The Kier molecular flexibility index (Phi) is 2.63. The molecule has 0 bridgehead atoms. The standard InChI is InChI=1S/C8H13NO2/c1-2-3-4-5-6-7(10)9-8(6)11/h6H,2-5H2,1H3,(H,9,10,11). The molecule has 0 aliphatic carbocycles. The normalized spacial score (nSPS) is 17.9. The van der Waals surface area contributed by atoms with Crippen LogP contribution in [0.3, 0.4) is 0 Å². The largest absolute Gasteiger partial charge is 0.295 e. The van der Waals surface area contributed by atoms with Crippen LogP contribution < -0.4 is 5.32 Å². The summed E-state index contributed by atoms with van der Waals surface area (Å²) in [5.74, 6) is -0.501. The lowest BCUT2D eigenvalue weighted by Gasteiger charge is -2.23. The molecule has 2 amide bonds. The van der Waals surface area contributed by atoms with E-state index in [1.54, 1.807) is 0 Å². The van der Waals surface area contributed by atoms with E-state index in [9.17, 15) is 9.59 Å². The van der Waals surface area contributed by atoms with Crippen molar-refractivity contribution in [2.45, 2.75) is 32.6 Å². The third-order valence-corrected chi connectivity index (χ3v) is 1.98. The molecule has 0 radical (unpaired) electrons. The van der Waals surface area contributed by atoms with Crippen molar-refractivity contribution in [1.82, 2.24) is 5.32 Å². The Morgan fingerprint density at radius 2 is 1.91 bits per heavy atom. The highest BCUT2D eigenvalue weighted by Crippen LogP contribution is 2.15. The summed E-state index contributed by atoms with van der Waals surface area (Å²) in [6, 6.07) is 0. The van der Waals surface area contributed by atoms with Crippen molar-refractivity contribution in [1.29, 1.82) is 0 Å². The lowest BCUT2D eigenvalue weighted by atomic mass is 9.94. The number of carbonyl (C=O) groups is 2. The number of β-lactam (4-membered cyclic amide) rings is 2. The molecule has 0 saturated carbocycles. The second-order valence-corrected chi connectivity index (χ2v) is 2.90. The molecule has 1 aliphatic heterocycles. The number of unbranched alkanes of at least 4 members (excludes halogenated alkanes) is 2. The van der Waals surface area contributed by atoms with E-state index in [4.69, 9.17) is 0 Å². The number of imide groups is 1. The highest BCUT2D eigenvalue weighted by Gasteiger charge is 2.36. The zero-order valence-corrected chi connectivity index (χ0v) is 6.72. The van der Waals surface area contributed by atoms with Crippen molar-refractivity contribution in [2.24, 2.45) is 5.92 Å². The van der Waals surface area contributed by atoms with Gasteiger partial charge in [-0.3, -0.25) is 14.9 Å². The molecule has 3 nitrogen and oxygen atoms in total. The number of hydrogen-bond donors (Lipinski definition) is 1. The van der Waals surface area contributed by atoms with Crippen molar-refractivity contribution in [3.8, 4) is 0 Å². The van der Waals surface area contributed by atoms with E-state index in [0.717, 1.165) is 25.7 Å². The molecule has 11 heavy (non-hydrogen) atoms. The highest BCUT2D eigenvalue weighted by atomic mass is 16.2. The molecule has 0 unspecified atom stereocenters. The zero-order valence-electron chi connectivity index (χ0n) is 6.72. The Bertz CT molecular complexity index is 163. The van der Waals surface area contributed by atoms with Crippen LogP contribution in [0.15, 0.2) is 0 Å². The van der Waals surface area contributed by atoms with Gasteiger partial charge in [0.1, 0.15) is 5.92 Å². The molecule has 1 fully saturated rings. The van der Waals surface area contributed by atoms with Gasteiger partial charge in [0.25, 0.3) is 0 Å². The lowest BCUT2D eigenvalue weighted by molar-refractivity contribution is -0.148. The molecule has 1 heterocycles. The Labute approximate surface area is 66.2 Å². The van der Waals surface area contributed by atoms with Gasteiger partial charge in [-0.15, -0.1) is 0 Å². The van der Waals surface area contributed by atoms with Gasteiger partial charge in [-0.2, -0.15) is 0 Å². The average molecular weight is 155 g/mol. The maximum absolute atomic E-state index is 10.7. The molecule has 0 spiro atoms. The third-order valence-electron chi connectivity index (χ3n) is 1.98. The molecule has 0 aromatic heterocycles. The van der Waals surface area contributed by atoms with E-state index in [2.05, 4.69) is 12.2 Å². The van der Waals surface area contributed by atoms with Crippen LogP contribution in [0.25, 0.3) is 0 Å². The second-order valence-electron chi connectivity index (χ2n) is 2.90. The Morgan fingerprint density at radius 1 is 1.27 bits per heavy atom. The second kappa shape index (κ2) is 3.51. The number of nitrogens with one attached hydrogen (secondary N) is 1. The first-order valence-corrected chi connectivity index (χ1v) is 4.10. The van der Waals surface area contributed by atoms with Gasteiger partial charge >= 0.3 is 0 Å². The summed E-state index contributed by atoms with van der Waals surface area (Å²) in [6.07, 6.45) is 3.96. The molecule has 1 saturated heterocycles. The van der Waals surface area contributed by atoms with Crippen LogP contribution in [0.1, 0.15) is 32.6 Å². The number of carbonyl (C=O) groups excluding carboxylic acids is 2. The van der Waals surface area contributed by atoms with Gasteiger partial charge in [0.15, 0.2) is 0 Å². The fraction of sp³-hybridized carbons (Fsp3) is 0.750. The molecule has 62 valence electrons. The number of hydrogen-bond acceptors (Lipinski definition) is 2. The van der Waals surface area contributed by atoms with Crippen LogP contribution in [-0.4, -0.2) is 11.8 Å². The first kappa shape index (κ1) is 8.24. The highest BCUT2D eigenvalue weighted by molar-refractivity contribution is 6.17. The fourth-order valence-corrected chi connectivity index (χ4v) is 1.20. The first-order chi connectivity index (χ1) is 5.25. The van der Waals surface area contributed by atoms with E-state index in [-0.39, 0.29) is 17.7 Å². The lowest BCUT2D eigenvalue weighted by Crippen LogP contribution is -2.54. The monoisotopic (exact) mass is 155 g/mol. The summed E-state index contributed by atoms with van der Waals surface area (Å²) >= 11 is 0. The SMILES string of the molecule is CCCCCC1C(=O)NC1=O. The topological polar surface area (TPSA) is 46.2 Å². The van der Waals surface area contributed by atoms with Crippen LogP contribution in [0.2, 0.25) is 0 Å². The van der Waals surface area contributed by atoms with Crippen molar-refractivity contribution >= 4 is 11.8 Å². The van der Waals surface area contributed by atoms with E-state index < -0.39 is 0 Å². The summed E-state index contributed by atoms with van der Waals surface area (Å²) in [7, 11) is 0. The maximum atomic E-state index is 10.7. The van der Waals surface area contributed by atoms with Crippen LogP contribution in [0.5, 0.6) is 0 Å². The molecule has 3 heteroatoms.